The summed E-state index contributed by atoms with van der Waals surface area (Å²) in [7, 11) is 1.65. The van der Waals surface area contributed by atoms with Crippen LogP contribution >= 0.6 is 11.3 Å². The number of aryl methyl sites for hydroxylation is 1. The van der Waals surface area contributed by atoms with Gasteiger partial charge in [0.05, 0.1) is 18.7 Å². The number of nitrogens with zero attached hydrogens (tertiary/aromatic N) is 1. The first kappa shape index (κ1) is 26.2. The number of rotatable bonds is 11. The summed E-state index contributed by atoms with van der Waals surface area (Å²) < 4.78 is 18.1. The van der Waals surface area contributed by atoms with E-state index in [1.807, 2.05) is 37.3 Å². The number of hydrogen-bond donors (Lipinski definition) is 1. The molecule has 37 heavy (non-hydrogen) atoms. The lowest BCUT2D eigenvalue weighted by Crippen LogP contribution is -2.14. The highest BCUT2D eigenvalue weighted by atomic mass is 32.1. The molecule has 4 rings (SSSR count). The number of thiophene rings is 1. The third-order valence-corrected chi connectivity index (χ3v) is 6.92. The highest BCUT2D eigenvalue weighted by Crippen LogP contribution is 2.37. The maximum absolute atomic E-state index is 11.4. The van der Waals surface area contributed by atoms with E-state index in [0.717, 1.165) is 44.8 Å². The second kappa shape index (κ2) is 12.4. The van der Waals surface area contributed by atoms with Gasteiger partial charge in [0.25, 0.3) is 0 Å². The zero-order chi connectivity index (χ0) is 26.2. The molecule has 2 aromatic carbocycles. The number of primary amides is 1. The fourth-order valence-corrected chi connectivity index (χ4v) is 5.01. The molecule has 190 valence electrons. The van der Waals surface area contributed by atoms with E-state index in [1.54, 1.807) is 31.6 Å². The maximum atomic E-state index is 11.4. The third-order valence-electron chi connectivity index (χ3n) is 5.96. The molecule has 0 aliphatic rings. The summed E-state index contributed by atoms with van der Waals surface area (Å²) in [6.07, 6.45) is 1.94. The molecule has 7 heteroatoms. The van der Waals surface area contributed by atoms with E-state index in [1.165, 1.54) is 4.70 Å². The first-order chi connectivity index (χ1) is 18.0. The van der Waals surface area contributed by atoms with Gasteiger partial charge in [0.15, 0.2) is 0 Å². The Balaban J connectivity index is 1.50. The molecule has 0 saturated heterocycles. The minimum atomic E-state index is -0.368. The number of hydrogen-bond acceptors (Lipinski definition) is 6. The number of carbonyl (C=O) groups excluding carboxylic acids is 1. The van der Waals surface area contributed by atoms with Gasteiger partial charge in [-0.1, -0.05) is 24.1 Å². The number of carbonyl (C=O) groups is 1. The van der Waals surface area contributed by atoms with E-state index in [2.05, 4.69) is 40.4 Å². The van der Waals surface area contributed by atoms with E-state index >= 15 is 0 Å². The van der Waals surface area contributed by atoms with E-state index in [4.69, 9.17) is 19.9 Å². The summed E-state index contributed by atoms with van der Waals surface area (Å²) in [5, 5.41) is 3.33. The summed E-state index contributed by atoms with van der Waals surface area (Å²) in [6, 6.07) is 16.1. The molecule has 0 aliphatic heterocycles. The Labute approximate surface area is 221 Å². The topological polar surface area (TPSA) is 83.7 Å². The predicted octanol–water partition coefficient (Wildman–Crippen LogP) is 5.86. The molecule has 0 bridgehead atoms. The Morgan fingerprint density at radius 1 is 1.05 bits per heavy atom. The Bertz CT molecular complexity index is 1430. The second-order valence-corrected chi connectivity index (χ2v) is 9.51. The normalized spacial score (nSPS) is 11.5. The van der Waals surface area contributed by atoms with Crippen molar-refractivity contribution in [3.05, 3.63) is 76.9 Å². The summed E-state index contributed by atoms with van der Waals surface area (Å²) in [5.74, 6) is 6.82. The number of fused-ring (bicyclic) bond motifs is 1. The van der Waals surface area contributed by atoms with Crippen LogP contribution in [0.25, 0.3) is 21.2 Å². The van der Waals surface area contributed by atoms with Crippen LogP contribution < -0.4 is 15.2 Å². The average molecular weight is 515 g/mol. The van der Waals surface area contributed by atoms with E-state index < -0.39 is 0 Å². The maximum Gasteiger partial charge on any atom is 0.219 e. The smallest absolute Gasteiger partial charge is 0.219 e. The molecule has 4 aromatic rings. The molecule has 0 radical (unpaired) electrons. The number of methoxy groups -OCH3 is 1. The SMILES string of the molecule is CC#C[C@@H](CC(N)=O)c1ccc(OCc2ccc3scc(-c4cc(OCCOC)cnc4C)c3c2)cc1. The van der Waals surface area contributed by atoms with Crippen molar-refractivity contribution in [2.75, 3.05) is 20.3 Å². The Hall–Kier alpha value is -3.86. The minimum Gasteiger partial charge on any atom is -0.490 e. The molecular formula is C30H30N2O4S. The second-order valence-electron chi connectivity index (χ2n) is 8.60. The minimum absolute atomic E-state index is 0.196. The Morgan fingerprint density at radius 3 is 2.59 bits per heavy atom. The first-order valence-corrected chi connectivity index (χ1v) is 12.9. The van der Waals surface area contributed by atoms with Gasteiger partial charge in [0.2, 0.25) is 5.91 Å². The lowest BCUT2D eigenvalue weighted by atomic mass is 9.96. The molecule has 0 fully saturated rings. The predicted molar refractivity (Wildman–Crippen MR) is 148 cm³/mol. The van der Waals surface area contributed by atoms with Gasteiger partial charge in [-0.05, 0) is 60.7 Å². The van der Waals surface area contributed by atoms with Gasteiger partial charge in [-0.2, -0.15) is 0 Å². The molecule has 0 saturated carbocycles. The van der Waals surface area contributed by atoms with Crippen molar-refractivity contribution in [1.29, 1.82) is 0 Å². The fourth-order valence-electron chi connectivity index (χ4n) is 4.07. The van der Waals surface area contributed by atoms with Crippen LogP contribution in [0.4, 0.5) is 0 Å². The first-order valence-electron chi connectivity index (χ1n) is 12.0. The number of nitrogens with two attached hydrogens (primary N) is 1. The van der Waals surface area contributed by atoms with Crippen LogP contribution in [0.15, 0.2) is 60.1 Å². The van der Waals surface area contributed by atoms with Gasteiger partial charge in [-0.25, -0.2) is 0 Å². The molecule has 1 amide bonds. The van der Waals surface area contributed by atoms with Crippen LogP contribution in [0.1, 0.15) is 36.1 Å². The van der Waals surface area contributed by atoms with Crippen molar-refractivity contribution in [3.63, 3.8) is 0 Å². The Morgan fingerprint density at radius 2 is 1.86 bits per heavy atom. The highest BCUT2D eigenvalue weighted by molar-refractivity contribution is 7.17. The average Bonchev–Trinajstić information content (AvgIpc) is 3.31. The molecule has 0 aliphatic carbocycles. The summed E-state index contributed by atoms with van der Waals surface area (Å²) >= 11 is 1.71. The molecule has 2 N–H and O–H groups in total. The number of pyridine rings is 1. The third kappa shape index (κ3) is 6.67. The van der Waals surface area contributed by atoms with Gasteiger partial charge in [0.1, 0.15) is 24.7 Å². The van der Waals surface area contributed by atoms with Crippen LogP contribution in [-0.4, -0.2) is 31.2 Å². The standard InChI is InChI=1S/C30H30N2O4S/c1-4-5-23(15-30(31)33)22-7-9-24(10-8-22)36-18-21-6-11-29-27(14-21)28(19-37-29)26-16-25(17-32-20(26)2)35-13-12-34-3/h6-11,14,16-17,19,23H,12-13,15,18H2,1-3H3,(H2,31,33)/t23-/m0/s1. The molecule has 6 nitrogen and oxygen atoms in total. The zero-order valence-corrected chi connectivity index (χ0v) is 22.1. The Kier molecular flexibility index (Phi) is 8.78. The summed E-state index contributed by atoms with van der Waals surface area (Å²) in [5.41, 5.74) is 10.5. The van der Waals surface area contributed by atoms with Crippen LogP contribution in [0.2, 0.25) is 0 Å². The van der Waals surface area contributed by atoms with Crippen molar-refractivity contribution in [2.24, 2.45) is 5.73 Å². The molecule has 0 spiro atoms. The summed E-state index contributed by atoms with van der Waals surface area (Å²) in [6.45, 7) is 5.20. The van der Waals surface area contributed by atoms with Crippen molar-refractivity contribution < 1.29 is 19.0 Å². The molecule has 0 unspecified atom stereocenters. The molecule has 1 atom stereocenters. The van der Waals surface area contributed by atoms with E-state index in [9.17, 15) is 4.79 Å². The lowest BCUT2D eigenvalue weighted by molar-refractivity contribution is -0.118. The van der Waals surface area contributed by atoms with Gasteiger partial charge in [-0.15, -0.1) is 17.3 Å². The lowest BCUT2D eigenvalue weighted by Gasteiger charge is -2.12. The number of aromatic nitrogens is 1. The van der Waals surface area contributed by atoms with Gasteiger partial charge in [-0.3, -0.25) is 9.78 Å². The monoisotopic (exact) mass is 514 g/mol. The number of benzene rings is 2. The van der Waals surface area contributed by atoms with Crippen LogP contribution in [0, 0.1) is 18.8 Å². The van der Waals surface area contributed by atoms with Crippen molar-refractivity contribution in [2.45, 2.75) is 32.8 Å². The number of amides is 1. The van der Waals surface area contributed by atoms with Gasteiger partial charge >= 0.3 is 0 Å². The van der Waals surface area contributed by atoms with Crippen molar-refractivity contribution in [1.82, 2.24) is 4.98 Å². The highest BCUT2D eigenvalue weighted by Gasteiger charge is 2.14. The van der Waals surface area contributed by atoms with Gasteiger partial charge in [0, 0.05) is 40.4 Å². The van der Waals surface area contributed by atoms with Crippen LogP contribution in [0.5, 0.6) is 11.5 Å². The van der Waals surface area contributed by atoms with Gasteiger partial charge < -0.3 is 19.9 Å². The molecule has 2 aromatic heterocycles. The van der Waals surface area contributed by atoms with Crippen molar-refractivity contribution in [3.8, 4) is 34.5 Å². The summed E-state index contributed by atoms with van der Waals surface area (Å²) in [4.78, 5) is 15.9. The number of ether oxygens (including phenoxy) is 3. The fraction of sp³-hybridized carbons (Fsp3) is 0.267. The molecular weight excluding hydrogens is 484 g/mol. The van der Waals surface area contributed by atoms with Crippen molar-refractivity contribution >= 4 is 27.3 Å². The zero-order valence-electron chi connectivity index (χ0n) is 21.2. The van der Waals surface area contributed by atoms with E-state index in [0.29, 0.717) is 19.8 Å². The van der Waals surface area contributed by atoms with Crippen LogP contribution in [0.3, 0.4) is 0 Å². The largest absolute Gasteiger partial charge is 0.490 e. The van der Waals surface area contributed by atoms with Crippen LogP contribution in [-0.2, 0) is 16.1 Å². The van der Waals surface area contributed by atoms with E-state index in [-0.39, 0.29) is 18.2 Å². The quantitative estimate of drug-likeness (QED) is 0.200. The molecule has 2 heterocycles.